The number of hydrogen-bond acceptors (Lipinski definition) is 4. The zero-order valence-electron chi connectivity index (χ0n) is 13.3. The van der Waals surface area contributed by atoms with Gasteiger partial charge in [0.25, 0.3) is 5.91 Å². The standard InChI is InChI=1S/C16H25N3O2/c1-11(2)14-9-12(10-15(17-3)18-14)16(20)19(7-8-21-4)13-5-6-13/h9-11,13H,5-8H2,1-4H3,(H,17,18). The quantitative estimate of drug-likeness (QED) is 0.838. The number of ether oxygens (including phenoxy) is 1. The molecule has 2 rings (SSSR count). The first kappa shape index (κ1) is 15.8. The van der Waals surface area contributed by atoms with Gasteiger partial charge in [0, 0.05) is 38.0 Å². The van der Waals surface area contributed by atoms with Crippen LogP contribution < -0.4 is 5.32 Å². The molecule has 1 aliphatic carbocycles. The number of rotatable bonds is 7. The predicted molar refractivity (Wildman–Crippen MR) is 83.8 cm³/mol. The molecule has 1 aromatic rings. The van der Waals surface area contributed by atoms with Crippen molar-refractivity contribution in [3.63, 3.8) is 0 Å². The normalized spacial score (nSPS) is 14.3. The van der Waals surface area contributed by atoms with Gasteiger partial charge in [-0.1, -0.05) is 13.8 Å². The van der Waals surface area contributed by atoms with Crippen LogP contribution in [0.3, 0.4) is 0 Å². The Kier molecular flexibility index (Phi) is 5.17. The minimum absolute atomic E-state index is 0.0790. The lowest BCUT2D eigenvalue weighted by atomic mass is 10.1. The topological polar surface area (TPSA) is 54.5 Å². The van der Waals surface area contributed by atoms with Gasteiger partial charge in [0.05, 0.1) is 6.61 Å². The van der Waals surface area contributed by atoms with Crippen molar-refractivity contribution in [1.29, 1.82) is 0 Å². The van der Waals surface area contributed by atoms with E-state index >= 15 is 0 Å². The average Bonchev–Trinajstić information content (AvgIpc) is 3.31. The van der Waals surface area contributed by atoms with Crippen LogP contribution in [0, 0.1) is 0 Å². The molecule has 116 valence electrons. The number of methoxy groups -OCH3 is 1. The van der Waals surface area contributed by atoms with Crippen LogP contribution in [0.4, 0.5) is 5.82 Å². The van der Waals surface area contributed by atoms with Crippen LogP contribution in [0.25, 0.3) is 0 Å². The van der Waals surface area contributed by atoms with E-state index in [4.69, 9.17) is 4.74 Å². The second-order valence-corrected chi connectivity index (χ2v) is 5.79. The van der Waals surface area contributed by atoms with Gasteiger partial charge in [0.15, 0.2) is 0 Å². The molecule has 1 fully saturated rings. The first-order chi connectivity index (χ1) is 10.1. The number of carbonyl (C=O) groups is 1. The van der Waals surface area contributed by atoms with Gasteiger partial charge in [-0.25, -0.2) is 4.98 Å². The van der Waals surface area contributed by atoms with E-state index in [0.29, 0.717) is 30.7 Å². The molecule has 0 spiro atoms. The Morgan fingerprint density at radius 1 is 1.48 bits per heavy atom. The van der Waals surface area contributed by atoms with Gasteiger partial charge >= 0.3 is 0 Å². The highest BCUT2D eigenvalue weighted by molar-refractivity contribution is 5.95. The molecular weight excluding hydrogens is 266 g/mol. The van der Waals surface area contributed by atoms with Crippen LogP contribution in [0.5, 0.6) is 0 Å². The highest BCUT2D eigenvalue weighted by Gasteiger charge is 2.33. The van der Waals surface area contributed by atoms with Gasteiger partial charge in [0.2, 0.25) is 0 Å². The molecule has 1 N–H and O–H groups in total. The van der Waals surface area contributed by atoms with E-state index in [9.17, 15) is 4.79 Å². The van der Waals surface area contributed by atoms with E-state index in [2.05, 4.69) is 24.1 Å². The molecule has 1 heterocycles. The van der Waals surface area contributed by atoms with Gasteiger partial charge in [-0.05, 0) is 30.9 Å². The van der Waals surface area contributed by atoms with Gasteiger partial charge in [-0.15, -0.1) is 0 Å². The number of nitrogens with zero attached hydrogens (tertiary/aromatic N) is 2. The Morgan fingerprint density at radius 3 is 2.71 bits per heavy atom. The summed E-state index contributed by atoms with van der Waals surface area (Å²) in [6.45, 7) is 5.39. The van der Waals surface area contributed by atoms with Crippen LogP contribution in [-0.2, 0) is 4.74 Å². The maximum Gasteiger partial charge on any atom is 0.254 e. The molecule has 0 aromatic carbocycles. The van der Waals surface area contributed by atoms with Crippen molar-refractivity contribution in [3.05, 3.63) is 23.4 Å². The zero-order valence-corrected chi connectivity index (χ0v) is 13.3. The number of aromatic nitrogens is 1. The summed E-state index contributed by atoms with van der Waals surface area (Å²) in [4.78, 5) is 19.2. The van der Waals surface area contributed by atoms with Crippen molar-refractivity contribution in [2.75, 3.05) is 32.6 Å². The van der Waals surface area contributed by atoms with Gasteiger partial charge < -0.3 is 15.0 Å². The molecule has 1 amide bonds. The van der Waals surface area contributed by atoms with Gasteiger partial charge in [-0.2, -0.15) is 0 Å². The van der Waals surface area contributed by atoms with Crippen molar-refractivity contribution in [2.45, 2.75) is 38.6 Å². The van der Waals surface area contributed by atoms with Crippen LogP contribution in [-0.4, -0.2) is 49.1 Å². The fourth-order valence-electron chi connectivity index (χ4n) is 2.29. The first-order valence-corrected chi connectivity index (χ1v) is 7.56. The molecule has 1 aromatic heterocycles. The lowest BCUT2D eigenvalue weighted by Gasteiger charge is -2.23. The minimum Gasteiger partial charge on any atom is -0.383 e. The van der Waals surface area contributed by atoms with E-state index in [1.807, 2.05) is 24.1 Å². The van der Waals surface area contributed by atoms with E-state index < -0.39 is 0 Å². The van der Waals surface area contributed by atoms with Crippen LogP contribution in [0.15, 0.2) is 12.1 Å². The number of hydrogen-bond donors (Lipinski definition) is 1. The molecule has 0 unspecified atom stereocenters. The third-order valence-corrected chi connectivity index (χ3v) is 3.72. The SMILES string of the molecule is CNc1cc(C(=O)N(CCOC)C2CC2)cc(C(C)C)n1. The zero-order chi connectivity index (χ0) is 15.4. The highest BCUT2D eigenvalue weighted by atomic mass is 16.5. The van der Waals surface area contributed by atoms with E-state index in [1.54, 1.807) is 7.11 Å². The third-order valence-electron chi connectivity index (χ3n) is 3.72. The molecule has 21 heavy (non-hydrogen) atoms. The molecule has 0 radical (unpaired) electrons. The minimum atomic E-state index is 0.0790. The summed E-state index contributed by atoms with van der Waals surface area (Å²) in [5.74, 6) is 1.11. The van der Waals surface area contributed by atoms with Crippen molar-refractivity contribution in [2.24, 2.45) is 0 Å². The average molecular weight is 291 g/mol. The number of nitrogens with one attached hydrogen (secondary N) is 1. The number of pyridine rings is 1. The summed E-state index contributed by atoms with van der Waals surface area (Å²) in [6.07, 6.45) is 2.19. The summed E-state index contributed by atoms with van der Waals surface area (Å²) in [6, 6.07) is 4.12. The largest absolute Gasteiger partial charge is 0.383 e. The molecule has 0 atom stereocenters. The fraction of sp³-hybridized carbons (Fsp3) is 0.625. The summed E-state index contributed by atoms with van der Waals surface area (Å²) in [7, 11) is 3.49. The molecular formula is C16H25N3O2. The Balaban J connectivity index is 2.25. The summed E-state index contributed by atoms with van der Waals surface area (Å²) >= 11 is 0. The molecule has 5 heteroatoms. The molecule has 0 saturated heterocycles. The maximum absolute atomic E-state index is 12.8. The van der Waals surface area contributed by atoms with Crippen LogP contribution in [0.2, 0.25) is 0 Å². The van der Waals surface area contributed by atoms with E-state index in [-0.39, 0.29) is 5.91 Å². The first-order valence-electron chi connectivity index (χ1n) is 7.56. The number of anilines is 1. The Labute approximate surface area is 126 Å². The van der Waals surface area contributed by atoms with E-state index in [1.165, 1.54) is 0 Å². The number of carbonyl (C=O) groups excluding carboxylic acids is 1. The number of amides is 1. The summed E-state index contributed by atoms with van der Waals surface area (Å²) in [5, 5.41) is 3.04. The molecule has 1 saturated carbocycles. The van der Waals surface area contributed by atoms with Crippen molar-refractivity contribution in [1.82, 2.24) is 9.88 Å². The van der Waals surface area contributed by atoms with E-state index in [0.717, 1.165) is 24.4 Å². The second kappa shape index (κ2) is 6.89. The monoisotopic (exact) mass is 291 g/mol. The molecule has 0 aliphatic heterocycles. The fourth-order valence-corrected chi connectivity index (χ4v) is 2.29. The molecule has 0 bridgehead atoms. The Morgan fingerprint density at radius 2 is 2.19 bits per heavy atom. The van der Waals surface area contributed by atoms with Crippen molar-refractivity contribution >= 4 is 11.7 Å². The van der Waals surface area contributed by atoms with Crippen LogP contribution in [0.1, 0.15) is 48.7 Å². The lowest BCUT2D eigenvalue weighted by molar-refractivity contribution is 0.0680. The van der Waals surface area contributed by atoms with Crippen molar-refractivity contribution < 1.29 is 9.53 Å². The van der Waals surface area contributed by atoms with Gasteiger partial charge in [-0.3, -0.25) is 4.79 Å². The second-order valence-electron chi connectivity index (χ2n) is 5.79. The maximum atomic E-state index is 12.8. The smallest absolute Gasteiger partial charge is 0.254 e. The summed E-state index contributed by atoms with van der Waals surface area (Å²) < 4.78 is 5.12. The van der Waals surface area contributed by atoms with Crippen LogP contribution >= 0.6 is 0 Å². The van der Waals surface area contributed by atoms with Gasteiger partial charge in [0.1, 0.15) is 5.82 Å². The predicted octanol–water partition coefficient (Wildman–Crippen LogP) is 2.50. The molecule has 5 nitrogen and oxygen atoms in total. The Hall–Kier alpha value is -1.62. The Bertz CT molecular complexity index is 498. The highest BCUT2D eigenvalue weighted by Crippen LogP contribution is 2.29. The lowest BCUT2D eigenvalue weighted by Crippen LogP contribution is -2.36. The van der Waals surface area contributed by atoms with Crippen molar-refractivity contribution in [3.8, 4) is 0 Å². The summed E-state index contributed by atoms with van der Waals surface area (Å²) in [5.41, 5.74) is 1.65. The third kappa shape index (κ3) is 3.94. The molecule has 1 aliphatic rings.